The van der Waals surface area contributed by atoms with Crippen LogP contribution >= 0.6 is 23.4 Å². The highest BCUT2D eigenvalue weighted by atomic mass is 35.5. The molecule has 0 aliphatic carbocycles. The van der Waals surface area contributed by atoms with Crippen molar-refractivity contribution in [1.29, 1.82) is 0 Å². The monoisotopic (exact) mass is 414 g/mol. The van der Waals surface area contributed by atoms with Gasteiger partial charge in [-0.05, 0) is 54.3 Å². The van der Waals surface area contributed by atoms with Crippen molar-refractivity contribution in [1.82, 2.24) is 9.97 Å². The number of hydrogen-bond acceptors (Lipinski definition) is 5. The Morgan fingerprint density at radius 1 is 1.04 bits per heavy atom. The number of rotatable bonds is 7. The Bertz CT molecular complexity index is 963. The zero-order valence-electron chi connectivity index (χ0n) is 16.4. The Hall–Kier alpha value is -2.24. The molecule has 3 aromatic rings. The van der Waals surface area contributed by atoms with Crippen molar-refractivity contribution in [3.63, 3.8) is 0 Å². The van der Waals surface area contributed by atoms with Crippen LogP contribution in [0, 0.1) is 6.92 Å². The fraction of sp³-hybridized carbons (Fsp3) is 0.273. The highest BCUT2D eigenvalue weighted by Gasteiger charge is 2.11. The van der Waals surface area contributed by atoms with Gasteiger partial charge in [-0.25, -0.2) is 4.98 Å². The van der Waals surface area contributed by atoms with Gasteiger partial charge in [0.1, 0.15) is 11.5 Å². The molecular formula is C22H23ClN2O2S. The maximum Gasteiger partial charge on any atom is 0.223 e. The van der Waals surface area contributed by atoms with Crippen molar-refractivity contribution < 1.29 is 9.47 Å². The van der Waals surface area contributed by atoms with Gasteiger partial charge in [-0.3, -0.25) is 0 Å². The average Bonchev–Trinajstić information content (AvgIpc) is 2.69. The van der Waals surface area contributed by atoms with Crippen LogP contribution in [-0.2, 0) is 5.75 Å². The standard InChI is InChI=1S/C22H23ClN2O2S/c1-14(2)20-12-21(27-18-8-9-19(23)15(3)10-18)25-22(24-20)28-13-16-6-5-7-17(11-16)26-4/h5-12,14H,13H2,1-4H3. The maximum absolute atomic E-state index is 6.10. The number of nitrogens with zero attached hydrogens (tertiary/aromatic N) is 2. The third-order valence-electron chi connectivity index (χ3n) is 4.15. The third-order valence-corrected chi connectivity index (χ3v) is 5.49. The van der Waals surface area contributed by atoms with Crippen LogP contribution in [0.15, 0.2) is 53.7 Å². The molecule has 3 rings (SSSR count). The van der Waals surface area contributed by atoms with Gasteiger partial charge in [0.2, 0.25) is 5.88 Å². The van der Waals surface area contributed by atoms with Crippen LogP contribution in [0.3, 0.4) is 0 Å². The van der Waals surface area contributed by atoms with Crippen molar-refractivity contribution in [2.75, 3.05) is 7.11 Å². The summed E-state index contributed by atoms with van der Waals surface area (Å²) in [5.74, 6) is 3.11. The molecule has 28 heavy (non-hydrogen) atoms. The van der Waals surface area contributed by atoms with E-state index in [2.05, 4.69) is 29.9 Å². The van der Waals surface area contributed by atoms with Crippen molar-refractivity contribution in [2.45, 2.75) is 37.6 Å². The van der Waals surface area contributed by atoms with Gasteiger partial charge in [-0.15, -0.1) is 0 Å². The van der Waals surface area contributed by atoms with E-state index in [1.165, 1.54) is 0 Å². The van der Waals surface area contributed by atoms with Gasteiger partial charge < -0.3 is 9.47 Å². The fourth-order valence-corrected chi connectivity index (χ4v) is 3.46. The molecule has 0 aliphatic heterocycles. The van der Waals surface area contributed by atoms with Gasteiger partial charge in [0, 0.05) is 16.8 Å². The maximum atomic E-state index is 6.10. The highest BCUT2D eigenvalue weighted by Crippen LogP contribution is 2.29. The minimum Gasteiger partial charge on any atom is -0.497 e. The predicted octanol–water partition coefficient (Wildman–Crippen LogP) is 6.66. The second-order valence-corrected chi connectivity index (χ2v) is 8.07. The molecule has 0 radical (unpaired) electrons. The van der Waals surface area contributed by atoms with E-state index < -0.39 is 0 Å². The van der Waals surface area contributed by atoms with E-state index in [0.29, 0.717) is 21.8 Å². The van der Waals surface area contributed by atoms with Crippen molar-refractivity contribution in [3.8, 4) is 17.4 Å². The van der Waals surface area contributed by atoms with Crippen LogP contribution in [0.5, 0.6) is 17.4 Å². The third kappa shape index (κ3) is 5.40. The number of methoxy groups -OCH3 is 1. The van der Waals surface area contributed by atoms with Gasteiger partial charge >= 0.3 is 0 Å². The molecular weight excluding hydrogens is 392 g/mol. The number of thioether (sulfide) groups is 1. The van der Waals surface area contributed by atoms with E-state index in [0.717, 1.165) is 28.3 Å². The SMILES string of the molecule is COc1cccc(CSc2nc(Oc3ccc(Cl)c(C)c3)cc(C(C)C)n2)c1. The second kappa shape index (κ2) is 9.30. The molecule has 0 atom stereocenters. The average molecular weight is 415 g/mol. The zero-order valence-corrected chi connectivity index (χ0v) is 18.0. The summed E-state index contributed by atoms with van der Waals surface area (Å²) in [6.45, 7) is 6.16. The highest BCUT2D eigenvalue weighted by molar-refractivity contribution is 7.98. The molecule has 4 nitrogen and oxygen atoms in total. The summed E-state index contributed by atoms with van der Waals surface area (Å²) in [5.41, 5.74) is 3.06. The Labute approximate surface area is 175 Å². The van der Waals surface area contributed by atoms with Gasteiger partial charge in [0.15, 0.2) is 5.16 Å². The second-order valence-electron chi connectivity index (χ2n) is 6.72. The van der Waals surface area contributed by atoms with Crippen LogP contribution in [0.4, 0.5) is 0 Å². The summed E-state index contributed by atoms with van der Waals surface area (Å²) < 4.78 is 11.3. The van der Waals surface area contributed by atoms with Gasteiger partial charge in [-0.1, -0.05) is 49.3 Å². The summed E-state index contributed by atoms with van der Waals surface area (Å²) in [6.07, 6.45) is 0. The molecule has 1 aromatic heterocycles. The molecule has 0 saturated carbocycles. The Balaban J connectivity index is 1.81. The summed E-state index contributed by atoms with van der Waals surface area (Å²) in [5, 5.41) is 1.40. The van der Waals surface area contributed by atoms with E-state index in [-0.39, 0.29) is 5.92 Å². The summed E-state index contributed by atoms with van der Waals surface area (Å²) in [4.78, 5) is 9.27. The van der Waals surface area contributed by atoms with Crippen molar-refractivity contribution in [2.24, 2.45) is 0 Å². The molecule has 146 valence electrons. The normalized spacial score (nSPS) is 10.9. The molecule has 0 amide bonds. The molecule has 0 bridgehead atoms. The minimum atomic E-state index is 0.272. The Morgan fingerprint density at radius 3 is 2.57 bits per heavy atom. The number of benzene rings is 2. The Morgan fingerprint density at radius 2 is 1.86 bits per heavy atom. The molecule has 2 aromatic carbocycles. The van der Waals surface area contributed by atoms with Gasteiger partial charge in [0.05, 0.1) is 12.8 Å². The van der Waals surface area contributed by atoms with E-state index in [1.54, 1.807) is 18.9 Å². The molecule has 1 heterocycles. The number of ether oxygens (including phenoxy) is 2. The fourth-order valence-electron chi connectivity index (χ4n) is 2.54. The summed E-state index contributed by atoms with van der Waals surface area (Å²) in [6, 6.07) is 15.5. The summed E-state index contributed by atoms with van der Waals surface area (Å²) in [7, 11) is 1.67. The molecule has 0 aliphatic rings. The van der Waals surface area contributed by atoms with E-state index in [9.17, 15) is 0 Å². The van der Waals surface area contributed by atoms with Crippen LogP contribution < -0.4 is 9.47 Å². The first kappa shape index (κ1) is 20.5. The first-order valence-electron chi connectivity index (χ1n) is 9.03. The minimum absolute atomic E-state index is 0.272. The van der Waals surface area contributed by atoms with Crippen molar-refractivity contribution in [3.05, 3.63) is 70.4 Å². The lowest BCUT2D eigenvalue weighted by atomic mass is 10.1. The number of hydrogen-bond donors (Lipinski definition) is 0. The molecule has 0 saturated heterocycles. The smallest absolute Gasteiger partial charge is 0.223 e. The molecule has 0 unspecified atom stereocenters. The lowest BCUT2D eigenvalue weighted by Gasteiger charge is -2.12. The number of halogens is 1. The quantitative estimate of drug-likeness (QED) is 0.319. The van der Waals surface area contributed by atoms with Gasteiger partial charge in [-0.2, -0.15) is 4.98 Å². The van der Waals surface area contributed by atoms with E-state index >= 15 is 0 Å². The molecule has 0 spiro atoms. The van der Waals surface area contributed by atoms with Crippen LogP contribution in [0.2, 0.25) is 5.02 Å². The van der Waals surface area contributed by atoms with E-state index in [1.807, 2.05) is 49.4 Å². The lowest BCUT2D eigenvalue weighted by Crippen LogP contribution is -2.00. The molecule has 6 heteroatoms. The number of aryl methyl sites for hydroxylation is 1. The molecule has 0 N–H and O–H groups in total. The van der Waals surface area contributed by atoms with E-state index in [4.69, 9.17) is 21.1 Å². The van der Waals surface area contributed by atoms with Crippen molar-refractivity contribution >= 4 is 23.4 Å². The first-order chi connectivity index (χ1) is 13.4. The summed E-state index contributed by atoms with van der Waals surface area (Å²) >= 11 is 7.68. The van der Waals surface area contributed by atoms with Crippen LogP contribution in [0.25, 0.3) is 0 Å². The topological polar surface area (TPSA) is 44.2 Å². The number of aromatic nitrogens is 2. The Kier molecular flexibility index (Phi) is 6.81. The van der Waals surface area contributed by atoms with Gasteiger partial charge in [0.25, 0.3) is 0 Å². The lowest BCUT2D eigenvalue weighted by molar-refractivity contribution is 0.414. The first-order valence-corrected chi connectivity index (χ1v) is 10.4. The molecule has 0 fully saturated rings. The van der Waals surface area contributed by atoms with Crippen LogP contribution in [0.1, 0.15) is 36.6 Å². The largest absolute Gasteiger partial charge is 0.497 e. The van der Waals surface area contributed by atoms with Crippen LogP contribution in [-0.4, -0.2) is 17.1 Å². The zero-order chi connectivity index (χ0) is 20.1. The predicted molar refractivity (Wildman–Crippen MR) is 115 cm³/mol.